The molecule has 0 radical (unpaired) electrons. The molecule has 1 aromatic carbocycles. The minimum atomic E-state index is -0.952. The lowest BCUT2D eigenvalue weighted by Gasteiger charge is -2.22. The Hall–Kier alpha value is -2.25. The molecule has 0 spiro atoms. The van der Waals surface area contributed by atoms with Crippen LogP contribution in [0.1, 0.15) is 42.0 Å². The van der Waals surface area contributed by atoms with Crippen LogP contribution >= 0.6 is 0 Å². The van der Waals surface area contributed by atoms with Crippen LogP contribution in [0, 0.1) is 5.82 Å². The lowest BCUT2D eigenvalue weighted by atomic mass is 10.0. The molecule has 3 rings (SSSR count). The first-order chi connectivity index (χ1) is 11.6. The van der Waals surface area contributed by atoms with Crippen molar-refractivity contribution in [3.05, 3.63) is 41.4 Å². The second kappa shape index (κ2) is 7.11. The smallest absolute Gasteiger partial charge is 0.290 e. The van der Waals surface area contributed by atoms with Gasteiger partial charge in [-0.15, -0.1) is 0 Å². The minimum Gasteiger partial charge on any atom is -0.388 e. The monoisotopic (exact) mass is 334 g/mol. The molecule has 128 valence electrons. The molecule has 0 saturated carbocycles. The van der Waals surface area contributed by atoms with E-state index in [4.69, 9.17) is 9.26 Å². The average Bonchev–Trinajstić information content (AvgIpc) is 3.02. The summed E-state index contributed by atoms with van der Waals surface area (Å²) in [4.78, 5) is 12.5. The largest absolute Gasteiger partial charge is 0.388 e. The number of amides is 1. The van der Waals surface area contributed by atoms with E-state index in [-0.39, 0.29) is 17.6 Å². The third-order valence-corrected chi connectivity index (χ3v) is 4.03. The average molecular weight is 334 g/mol. The van der Waals surface area contributed by atoms with Gasteiger partial charge in [0.05, 0.1) is 11.7 Å². The topological polar surface area (TPSA) is 84.6 Å². The summed E-state index contributed by atoms with van der Waals surface area (Å²) >= 11 is 0. The highest BCUT2D eigenvalue weighted by Gasteiger charge is 2.28. The molecule has 0 aliphatic carbocycles. The molecular formula is C17H19FN2O4. The van der Waals surface area contributed by atoms with E-state index in [2.05, 4.69) is 10.5 Å². The molecule has 1 aliphatic heterocycles. The maximum absolute atomic E-state index is 13.1. The first-order valence-electron chi connectivity index (χ1n) is 7.88. The molecule has 24 heavy (non-hydrogen) atoms. The molecule has 1 amide bonds. The summed E-state index contributed by atoms with van der Waals surface area (Å²) in [5.74, 6) is -0.812. The molecule has 7 heteroatoms. The van der Waals surface area contributed by atoms with E-state index >= 15 is 0 Å². The van der Waals surface area contributed by atoms with E-state index in [1.165, 1.54) is 31.2 Å². The standard InChI is InChI=1S/C17H19FN2O4/c1-10(21)14-15(11-2-4-12(18)5-3-11)20-24-16(14)17(22)19-13-6-8-23-9-7-13/h2-5,10,13,21H,6-9H2,1H3,(H,19,22)/t10-/m0/s1. The van der Waals surface area contributed by atoms with Gasteiger partial charge in [-0.05, 0) is 44.0 Å². The van der Waals surface area contributed by atoms with Crippen LogP contribution in [0.25, 0.3) is 11.3 Å². The first-order valence-corrected chi connectivity index (χ1v) is 7.88. The molecule has 1 aromatic heterocycles. The highest BCUT2D eigenvalue weighted by molar-refractivity contribution is 5.94. The van der Waals surface area contributed by atoms with Gasteiger partial charge in [-0.25, -0.2) is 4.39 Å². The zero-order chi connectivity index (χ0) is 17.1. The van der Waals surface area contributed by atoms with E-state index in [1.807, 2.05) is 0 Å². The van der Waals surface area contributed by atoms with Crippen molar-refractivity contribution in [1.29, 1.82) is 0 Å². The van der Waals surface area contributed by atoms with Crippen molar-refractivity contribution in [2.75, 3.05) is 13.2 Å². The molecule has 1 atom stereocenters. The van der Waals surface area contributed by atoms with Gasteiger partial charge < -0.3 is 19.7 Å². The molecule has 6 nitrogen and oxygen atoms in total. The van der Waals surface area contributed by atoms with Crippen LogP contribution in [0.15, 0.2) is 28.8 Å². The predicted molar refractivity (Wildman–Crippen MR) is 83.8 cm³/mol. The van der Waals surface area contributed by atoms with Crippen molar-refractivity contribution in [2.24, 2.45) is 0 Å². The molecule has 0 unspecified atom stereocenters. The molecule has 1 saturated heterocycles. The SMILES string of the molecule is C[C@H](O)c1c(-c2ccc(F)cc2)noc1C(=O)NC1CCOCC1. The van der Waals surface area contributed by atoms with Crippen molar-refractivity contribution >= 4 is 5.91 Å². The van der Waals surface area contributed by atoms with E-state index < -0.39 is 12.0 Å². The zero-order valence-corrected chi connectivity index (χ0v) is 13.3. The Morgan fingerprint density at radius 3 is 2.62 bits per heavy atom. The number of ether oxygens (including phenoxy) is 1. The van der Waals surface area contributed by atoms with E-state index in [0.29, 0.717) is 30.0 Å². The van der Waals surface area contributed by atoms with Crippen LogP contribution in [-0.2, 0) is 4.74 Å². The van der Waals surface area contributed by atoms with Gasteiger partial charge >= 0.3 is 0 Å². The fourth-order valence-electron chi connectivity index (χ4n) is 2.76. The lowest BCUT2D eigenvalue weighted by molar-refractivity contribution is 0.0675. The number of nitrogens with one attached hydrogen (secondary N) is 1. The first kappa shape index (κ1) is 16.6. The number of carbonyl (C=O) groups excluding carboxylic acids is 1. The molecule has 2 heterocycles. The number of aliphatic hydroxyl groups excluding tert-OH is 1. The Bertz CT molecular complexity index is 706. The van der Waals surface area contributed by atoms with Crippen LogP contribution in [0.5, 0.6) is 0 Å². The maximum Gasteiger partial charge on any atom is 0.290 e. The van der Waals surface area contributed by atoms with Gasteiger partial charge in [0.25, 0.3) is 5.91 Å². The summed E-state index contributed by atoms with van der Waals surface area (Å²) in [6, 6.07) is 5.64. The predicted octanol–water partition coefficient (Wildman–Crippen LogP) is 2.44. The fraction of sp³-hybridized carbons (Fsp3) is 0.412. The van der Waals surface area contributed by atoms with Crippen LogP contribution in [0.3, 0.4) is 0 Å². The quantitative estimate of drug-likeness (QED) is 0.897. The van der Waals surface area contributed by atoms with Crippen LogP contribution in [0.2, 0.25) is 0 Å². The van der Waals surface area contributed by atoms with E-state index in [0.717, 1.165) is 12.8 Å². The Kier molecular flexibility index (Phi) is 4.92. The van der Waals surface area contributed by atoms with Gasteiger partial charge in [-0.3, -0.25) is 4.79 Å². The summed E-state index contributed by atoms with van der Waals surface area (Å²) in [5, 5.41) is 16.9. The van der Waals surface area contributed by atoms with E-state index in [1.54, 1.807) is 0 Å². The molecule has 1 aliphatic rings. The summed E-state index contributed by atoms with van der Waals surface area (Å²) in [5.41, 5.74) is 1.20. The highest BCUT2D eigenvalue weighted by Crippen LogP contribution is 2.30. The highest BCUT2D eigenvalue weighted by atomic mass is 19.1. The third-order valence-electron chi connectivity index (χ3n) is 4.03. The number of halogens is 1. The zero-order valence-electron chi connectivity index (χ0n) is 13.3. The van der Waals surface area contributed by atoms with Gasteiger partial charge in [0.1, 0.15) is 11.5 Å². The van der Waals surface area contributed by atoms with Gasteiger partial charge in [0.15, 0.2) is 0 Å². The Morgan fingerprint density at radius 2 is 2.00 bits per heavy atom. The Morgan fingerprint density at radius 1 is 1.33 bits per heavy atom. The van der Waals surface area contributed by atoms with Crippen molar-refractivity contribution in [1.82, 2.24) is 10.5 Å². The maximum atomic E-state index is 13.1. The number of rotatable bonds is 4. The fourth-order valence-corrected chi connectivity index (χ4v) is 2.76. The minimum absolute atomic E-state index is 0.00692. The Labute approximate surface area is 138 Å². The summed E-state index contributed by atoms with van der Waals surface area (Å²) in [6.45, 7) is 2.74. The van der Waals surface area contributed by atoms with Crippen LogP contribution < -0.4 is 5.32 Å². The van der Waals surface area contributed by atoms with Crippen molar-refractivity contribution in [2.45, 2.75) is 31.9 Å². The molecule has 2 N–H and O–H groups in total. The molecular weight excluding hydrogens is 315 g/mol. The summed E-state index contributed by atoms with van der Waals surface area (Å²) < 4.78 is 23.5. The lowest BCUT2D eigenvalue weighted by Crippen LogP contribution is -2.39. The Balaban J connectivity index is 1.88. The molecule has 2 aromatic rings. The van der Waals surface area contributed by atoms with E-state index in [9.17, 15) is 14.3 Å². The second-order valence-electron chi connectivity index (χ2n) is 5.82. The van der Waals surface area contributed by atoms with Gasteiger partial charge in [0.2, 0.25) is 5.76 Å². The van der Waals surface area contributed by atoms with Gasteiger partial charge in [-0.2, -0.15) is 0 Å². The number of carbonyl (C=O) groups is 1. The van der Waals surface area contributed by atoms with Gasteiger partial charge in [0, 0.05) is 24.8 Å². The van der Waals surface area contributed by atoms with Crippen molar-refractivity contribution in [3.63, 3.8) is 0 Å². The number of hydrogen-bond acceptors (Lipinski definition) is 5. The van der Waals surface area contributed by atoms with Crippen LogP contribution in [-0.4, -0.2) is 35.4 Å². The normalized spacial score (nSPS) is 16.8. The number of aliphatic hydroxyl groups is 1. The van der Waals surface area contributed by atoms with Crippen molar-refractivity contribution in [3.8, 4) is 11.3 Å². The second-order valence-corrected chi connectivity index (χ2v) is 5.82. The molecule has 0 bridgehead atoms. The third kappa shape index (κ3) is 3.47. The van der Waals surface area contributed by atoms with Gasteiger partial charge in [-0.1, -0.05) is 5.16 Å². The number of hydrogen-bond donors (Lipinski definition) is 2. The van der Waals surface area contributed by atoms with Crippen molar-refractivity contribution < 1.29 is 23.6 Å². The number of nitrogens with zero attached hydrogens (tertiary/aromatic N) is 1. The summed E-state index contributed by atoms with van der Waals surface area (Å²) in [7, 11) is 0. The van der Waals surface area contributed by atoms with Crippen LogP contribution in [0.4, 0.5) is 4.39 Å². The molecule has 1 fully saturated rings. The number of aromatic nitrogens is 1. The number of benzene rings is 1. The summed E-state index contributed by atoms with van der Waals surface area (Å²) in [6.07, 6.45) is 0.510.